The number of oxime groups is 1. The third-order valence-corrected chi connectivity index (χ3v) is 15.9. The van der Waals surface area contributed by atoms with Gasteiger partial charge >= 0.3 is 17.9 Å². The molecule has 0 spiro atoms. The number of hydrogen-bond donors (Lipinski definition) is 7. The van der Waals surface area contributed by atoms with Crippen molar-refractivity contribution >= 4 is 34.5 Å². The van der Waals surface area contributed by atoms with Gasteiger partial charge in [0.2, 0.25) is 5.43 Å². The zero-order valence-electron chi connectivity index (χ0n) is 47.5. The van der Waals surface area contributed by atoms with E-state index in [0.29, 0.717) is 24.2 Å². The number of fused-ring (bicyclic) bond motifs is 1. The third-order valence-electron chi connectivity index (χ3n) is 15.9. The van der Waals surface area contributed by atoms with Crippen LogP contribution in [0.1, 0.15) is 112 Å². The van der Waals surface area contributed by atoms with Crippen LogP contribution in [0.2, 0.25) is 0 Å². The van der Waals surface area contributed by atoms with Gasteiger partial charge in [-0.25, -0.2) is 4.79 Å². The lowest BCUT2D eigenvalue weighted by molar-refractivity contribution is -0.318. The summed E-state index contributed by atoms with van der Waals surface area (Å²) >= 11 is 0. The quantitative estimate of drug-likeness (QED) is 0.0519. The van der Waals surface area contributed by atoms with E-state index < -0.39 is 119 Å². The summed E-state index contributed by atoms with van der Waals surface area (Å²) in [6.07, 6.45) is -9.27. The number of esters is 2. The van der Waals surface area contributed by atoms with Crippen LogP contribution in [-0.2, 0) is 42.7 Å². The average Bonchev–Trinajstić information content (AvgIpc) is 3.35. The largest absolute Gasteiger partial charge is 0.492 e. The number of methoxy groups -OCH3 is 1. The number of ether oxygens (including phenoxy) is 8. The van der Waals surface area contributed by atoms with Crippen LogP contribution in [0.3, 0.4) is 0 Å². The number of hydrogen-bond acceptors (Lipinski definition) is 21. The van der Waals surface area contributed by atoms with Crippen molar-refractivity contribution in [1.29, 1.82) is 0 Å². The van der Waals surface area contributed by atoms with E-state index >= 15 is 0 Å². The third kappa shape index (κ3) is 14.5. The number of carboxylic acid groups (broad SMARTS) is 1. The number of aliphatic hydroxyl groups is 4. The van der Waals surface area contributed by atoms with E-state index in [9.17, 15) is 49.9 Å². The first-order valence-electron chi connectivity index (χ1n) is 26.6. The van der Waals surface area contributed by atoms with Gasteiger partial charge in [0, 0.05) is 82.2 Å². The lowest BCUT2D eigenvalue weighted by Crippen LogP contribution is -2.61. The van der Waals surface area contributed by atoms with E-state index in [-0.39, 0.29) is 67.6 Å². The van der Waals surface area contributed by atoms with Crippen LogP contribution in [-0.4, -0.2) is 203 Å². The highest BCUT2D eigenvalue weighted by atomic mass is 16.7. The number of carboxylic acids is 1. The molecule has 23 nitrogen and oxygen atoms in total. The summed E-state index contributed by atoms with van der Waals surface area (Å²) in [5.41, 5.74) is -5.51. The van der Waals surface area contributed by atoms with Crippen molar-refractivity contribution in [2.75, 3.05) is 60.0 Å². The minimum atomic E-state index is -2.04. The molecular weight excluding hydrogens is 1010 g/mol. The summed E-state index contributed by atoms with van der Waals surface area (Å²) in [7, 11) is 8.57. The standard InChI is InChI=1S/C54H87N5O18/c1-16-39-54(10,68)46(63)30(4)42(56-69)28(2)25-52(8,67)47(77-51-44(62)38(57(11)12)23-29(3)72-51)31(5)45(32(6)50(66)74-39)76-41-26-53(9,70-15)48(33(7)73-41)75-40(60)19-20-55-21-22-71-34-17-18-35-37(24-34)59(58(13)14)27-36(43(35)61)49(64)65/h17-18,24,27-33,38-39,41,44-48,51,55,62-63,67-69H,16,19-23,25-26H2,1-15H3,(H,64,65)/b56-42+/t28-,29-,30-,31+,32-,33+,38+,39-,41+,44-,45+,46-,47-,48+,51+,52-,53-,54-/m1/s1. The number of likely N-dealkylation sites (N-methyl/N-ethyl adjacent to an activating group) is 1. The summed E-state index contributed by atoms with van der Waals surface area (Å²) in [6.45, 7) is 17.2. The van der Waals surface area contributed by atoms with E-state index in [2.05, 4.69) is 10.5 Å². The number of rotatable bonds is 17. The van der Waals surface area contributed by atoms with Gasteiger partial charge in [-0.1, -0.05) is 32.9 Å². The monoisotopic (exact) mass is 1090 g/mol. The van der Waals surface area contributed by atoms with E-state index in [1.54, 1.807) is 84.4 Å². The van der Waals surface area contributed by atoms with Crippen LogP contribution in [0, 0.1) is 23.7 Å². The molecular formula is C54H87N5O18. The number of benzene rings is 1. The van der Waals surface area contributed by atoms with Crippen LogP contribution < -0.4 is 20.5 Å². The molecule has 7 N–H and O–H groups in total. The van der Waals surface area contributed by atoms with Gasteiger partial charge in [-0.3, -0.25) is 19.1 Å². The van der Waals surface area contributed by atoms with Crippen LogP contribution in [0.25, 0.3) is 10.9 Å². The minimum Gasteiger partial charge on any atom is -0.492 e. The van der Waals surface area contributed by atoms with Crippen molar-refractivity contribution in [3.8, 4) is 5.75 Å². The highest BCUT2D eigenvalue weighted by Gasteiger charge is 2.54. The van der Waals surface area contributed by atoms with Gasteiger partial charge in [0.15, 0.2) is 18.7 Å². The first-order chi connectivity index (χ1) is 35.9. The maximum Gasteiger partial charge on any atom is 0.341 e. The number of pyridine rings is 1. The fourth-order valence-electron chi connectivity index (χ4n) is 11.4. The molecule has 0 unspecified atom stereocenters. The summed E-state index contributed by atoms with van der Waals surface area (Å²) in [5, 5.41) is 76.6. The Bertz CT molecular complexity index is 2420. The number of aromatic carboxylic acids is 1. The molecule has 18 atom stereocenters. The average molecular weight is 1090 g/mol. The molecule has 1 aromatic heterocycles. The van der Waals surface area contributed by atoms with Crippen LogP contribution in [0.4, 0.5) is 0 Å². The lowest BCUT2D eigenvalue weighted by atomic mass is 9.73. The molecule has 23 heteroatoms. The molecule has 0 amide bonds. The fraction of sp³-hybridized carbons (Fsp3) is 0.759. The van der Waals surface area contributed by atoms with Gasteiger partial charge in [0.05, 0.1) is 59.7 Å². The van der Waals surface area contributed by atoms with Gasteiger partial charge < -0.3 is 83.9 Å². The maximum absolute atomic E-state index is 14.5. The Morgan fingerprint density at radius 3 is 2.21 bits per heavy atom. The molecule has 0 radical (unpaired) electrons. The number of nitrogens with one attached hydrogen (secondary N) is 1. The Labute approximate surface area is 451 Å². The number of aromatic nitrogens is 1. The summed E-state index contributed by atoms with van der Waals surface area (Å²) in [6, 6.07) is 4.38. The SMILES string of the molecule is CC[C@H]1OC(=O)[C@H](C)[C@@H](O[C@H]2C[C@@](C)(OC)[C@@H](OC(=O)CCNCCOc3ccc4c(=O)c(C(=O)O)cn(N(C)C)c4c3)[C@H](C)O2)[C@H](C)[C@@H](O[C@@H]2O[C@H](C)C[C@H](N(C)C)[C@H]2O)[C@](C)(O)C[C@@H](C)/C(=N\O)[C@@H](C)[C@@H](O)[C@]1(C)O. The van der Waals surface area contributed by atoms with Gasteiger partial charge in [-0.05, 0) is 87.0 Å². The fourth-order valence-corrected chi connectivity index (χ4v) is 11.4. The van der Waals surface area contributed by atoms with Gasteiger partial charge in [0.25, 0.3) is 0 Å². The van der Waals surface area contributed by atoms with E-state index in [1.165, 1.54) is 33.2 Å². The van der Waals surface area contributed by atoms with Crippen LogP contribution in [0.15, 0.2) is 34.3 Å². The zero-order valence-corrected chi connectivity index (χ0v) is 47.5. The van der Waals surface area contributed by atoms with Crippen molar-refractivity contribution < 1.29 is 83.0 Å². The summed E-state index contributed by atoms with van der Waals surface area (Å²) in [4.78, 5) is 54.4. The van der Waals surface area contributed by atoms with Crippen molar-refractivity contribution in [2.45, 2.75) is 186 Å². The van der Waals surface area contributed by atoms with Gasteiger partial charge in [-0.2, -0.15) is 0 Å². The normalized spacial score (nSPS) is 37.3. The number of aliphatic hydroxyl groups excluding tert-OH is 2. The molecule has 3 aliphatic rings. The molecule has 4 heterocycles. The Morgan fingerprint density at radius 1 is 0.935 bits per heavy atom. The molecule has 0 bridgehead atoms. The number of carbonyl (C=O) groups is 3. The van der Waals surface area contributed by atoms with Crippen molar-refractivity contribution in [3.63, 3.8) is 0 Å². The predicted octanol–water partition coefficient (Wildman–Crippen LogP) is 2.87. The highest BCUT2D eigenvalue weighted by molar-refractivity contribution is 5.93. The van der Waals surface area contributed by atoms with Crippen LogP contribution in [0.5, 0.6) is 5.75 Å². The highest BCUT2D eigenvalue weighted by Crippen LogP contribution is 2.42. The van der Waals surface area contributed by atoms with Crippen molar-refractivity contribution in [2.24, 2.45) is 28.8 Å². The second-order valence-corrected chi connectivity index (χ2v) is 22.5. The summed E-state index contributed by atoms with van der Waals surface area (Å²) < 4.78 is 51.9. The topological polar surface area (TPSA) is 299 Å². The first kappa shape index (κ1) is 63.3. The minimum absolute atomic E-state index is 0.00927. The van der Waals surface area contributed by atoms with Gasteiger partial charge in [0.1, 0.15) is 41.3 Å². The molecule has 3 fully saturated rings. The van der Waals surface area contributed by atoms with Gasteiger partial charge in [-0.15, -0.1) is 0 Å². The first-order valence-corrected chi connectivity index (χ1v) is 26.6. The summed E-state index contributed by atoms with van der Waals surface area (Å²) in [5.74, 6) is -6.03. The molecule has 3 saturated heterocycles. The molecule has 3 aliphatic heterocycles. The van der Waals surface area contributed by atoms with Crippen molar-refractivity contribution in [3.05, 3.63) is 40.2 Å². The molecule has 436 valence electrons. The molecule has 0 aliphatic carbocycles. The van der Waals surface area contributed by atoms with Crippen LogP contribution >= 0.6 is 0 Å². The number of cyclic esters (lactones) is 1. The van der Waals surface area contributed by atoms with E-state index in [4.69, 9.17) is 37.9 Å². The Kier molecular flexibility index (Phi) is 21.5. The molecule has 2 aromatic rings. The Morgan fingerprint density at radius 2 is 1.61 bits per heavy atom. The smallest absolute Gasteiger partial charge is 0.341 e. The lowest BCUT2D eigenvalue weighted by Gasteiger charge is -2.49. The number of nitrogens with zero attached hydrogens (tertiary/aromatic N) is 4. The maximum atomic E-state index is 14.5. The second kappa shape index (κ2) is 26.2. The van der Waals surface area contributed by atoms with E-state index in [0.717, 1.165) is 0 Å². The Balaban J connectivity index is 1.35. The predicted molar refractivity (Wildman–Crippen MR) is 283 cm³/mol. The van der Waals surface area contributed by atoms with E-state index in [1.807, 2.05) is 25.9 Å². The Hall–Kier alpha value is -4.53. The molecule has 1 aromatic carbocycles. The molecule has 5 rings (SSSR count). The van der Waals surface area contributed by atoms with Crippen molar-refractivity contribution in [1.82, 2.24) is 14.9 Å². The second-order valence-electron chi connectivity index (χ2n) is 22.5. The zero-order chi connectivity index (χ0) is 57.6. The molecule has 77 heavy (non-hydrogen) atoms. The molecule has 0 saturated carbocycles. The number of carbonyl (C=O) groups excluding carboxylic acids is 2.